The first kappa shape index (κ1) is 12.0. The lowest BCUT2D eigenvalue weighted by Gasteiger charge is -2.34. The Hall–Kier alpha value is -1.42. The van der Waals surface area contributed by atoms with Crippen LogP contribution in [0.5, 0.6) is 11.5 Å². The highest BCUT2D eigenvalue weighted by molar-refractivity contribution is 5.62. The smallest absolute Gasteiger partial charge is 0.142 e. The average Bonchev–Trinajstić information content (AvgIpc) is 2.38. The highest BCUT2D eigenvalue weighted by atomic mass is 16.5. The summed E-state index contributed by atoms with van der Waals surface area (Å²) in [6, 6.07) is 6.42. The van der Waals surface area contributed by atoms with E-state index in [-0.39, 0.29) is 0 Å². The van der Waals surface area contributed by atoms with Crippen LogP contribution in [-0.2, 0) is 0 Å². The number of anilines is 1. The molecule has 1 unspecified atom stereocenters. The van der Waals surface area contributed by atoms with Gasteiger partial charge in [0.15, 0.2) is 0 Å². The molecule has 0 radical (unpaired) electrons. The zero-order valence-electron chi connectivity index (χ0n) is 10.7. The van der Waals surface area contributed by atoms with Crippen molar-refractivity contribution in [3.05, 3.63) is 18.2 Å². The number of benzene rings is 1. The molecular weight excluding hydrogens is 216 g/mol. The SMILES string of the molecule is COc1ccc(OC)c(N2CCNC(C)C2)c1. The second-order valence-corrected chi connectivity index (χ2v) is 4.34. The van der Waals surface area contributed by atoms with Gasteiger partial charge in [-0.2, -0.15) is 0 Å². The zero-order valence-corrected chi connectivity index (χ0v) is 10.7. The molecule has 1 aromatic carbocycles. The number of hydrogen-bond acceptors (Lipinski definition) is 4. The minimum absolute atomic E-state index is 0.500. The van der Waals surface area contributed by atoms with Crippen LogP contribution in [0, 0.1) is 0 Å². The van der Waals surface area contributed by atoms with Crippen LogP contribution in [-0.4, -0.2) is 39.9 Å². The van der Waals surface area contributed by atoms with Gasteiger partial charge in [-0.15, -0.1) is 0 Å². The van der Waals surface area contributed by atoms with Crippen LogP contribution in [0.1, 0.15) is 6.92 Å². The van der Waals surface area contributed by atoms with Crippen LogP contribution < -0.4 is 19.7 Å². The minimum atomic E-state index is 0.500. The molecule has 4 heteroatoms. The van der Waals surface area contributed by atoms with E-state index in [0.717, 1.165) is 36.8 Å². The third kappa shape index (κ3) is 2.64. The van der Waals surface area contributed by atoms with Crippen molar-refractivity contribution >= 4 is 5.69 Å². The molecule has 0 bridgehead atoms. The molecule has 1 fully saturated rings. The molecule has 1 heterocycles. The Kier molecular flexibility index (Phi) is 3.74. The monoisotopic (exact) mass is 236 g/mol. The summed E-state index contributed by atoms with van der Waals surface area (Å²) in [5, 5.41) is 3.43. The fourth-order valence-electron chi connectivity index (χ4n) is 2.20. The van der Waals surface area contributed by atoms with Crippen molar-refractivity contribution in [2.24, 2.45) is 0 Å². The predicted octanol–water partition coefficient (Wildman–Crippen LogP) is 1.50. The molecule has 94 valence electrons. The fourth-order valence-corrected chi connectivity index (χ4v) is 2.20. The summed E-state index contributed by atoms with van der Waals surface area (Å²) < 4.78 is 10.7. The van der Waals surface area contributed by atoms with E-state index in [2.05, 4.69) is 17.1 Å². The summed E-state index contributed by atoms with van der Waals surface area (Å²) in [6.07, 6.45) is 0. The maximum atomic E-state index is 5.42. The van der Waals surface area contributed by atoms with Crippen LogP contribution in [0.3, 0.4) is 0 Å². The molecule has 2 rings (SSSR count). The van der Waals surface area contributed by atoms with E-state index in [1.807, 2.05) is 18.2 Å². The Morgan fingerprint density at radius 2 is 2.12 bits per heavy atom. The molecule has 1 saturated heterocycles. The van der Waals surface area contributed by atoms with Crippen molar-refractivity contribution in [2.75, 3.05) is 38.8 Å². The van der Waals surface area contributed by atoms with Crippen molar-refractivity contribution in [1.82, 2.24) is 5.32 Å². The minimum Gasteiger partial charge on any atom is -0.497 e. The number of nitrogens with one attached hydrogen (secondary N) is 1. The third-order valence-electron chi connectivity index (χ3n) is 3.10. The topological polar surface area (TPSA) is 33.7 Å². The quantitative estimate of drug-likeness (QED) is 0.862. The Morgan fingerprint density at radius 3 is 2.76 bits per heavy atom. The second kappa shape index (κ2) is 5.27. The third-order valence-corrected chi connectivity index (χ3v) is 3.10. The average molecular weight is 236 g/mol. The summed E-state index contributed by atoms with van der Waals surface area (Å²) >= 11 is 0. The Morgan fingerprint density at radius 1 is 1.29 bits per heavy atom. The maximum Gasteiger partial charge on any atom is 0.142 e. The molecule has 0 amide bonds. The molecule has 0 saturated carbocycles. The maximum absolute atomic E-state index is 5.42. The van der Waals surface area contributed by atoms with Crippen molar-refractivity contribution in [3.63, 3.8) is 0 Å². The number of nitrogens with zero attached hydrogens (tertiary/aromatic N) is 1. The van der Waals surface area contributed by atoms with Gasteiger partial charge in [0.05, 0.1) is 19.9 Å². The van der Waals surface area contributed by atoms with Gasteiger partial charge in [-0.1, -0.05) is 0 Å². The summed E-state index contributed by atoms with van der Waals surface area (Å²) in [7, 11) is 3.39. The van der Waals surface area contributed by atoms with E-state index >= 15 is 0 Å². The van der Waals surface area contributed by atoms with E-state index in [1.165, 1.54) is 0 Å². The van der Waals surface area contributed by atoms with E-state index in [1.54, 1.807) is 14.2 Å². The van der Waals surface area contributed by atoms with Crippen LogP contribution in [0.2, 0.25) is 0 Å². The summed E-state index contributed by atoms with van der Waals surface area (Å²) in [5.41, 5.74) is 1.11. The molecule has 0 aliphatic carbocycles. The van der Waals surface area contributed by atoms with Crippen molar-refractivity contribution in [2.45, 2.75) is 13.0 Å². The Labute approximate surface area is 103 Å². The van der Waals surface area contributed by atoms with Gasteiger partial charge in [-0.25, -0.2) is 0 Å². The van der Waals surface area contributed by atoms with Crippen molar-refractivity contribution < 1.29 is 9.47 Å². The van der Waals surface area contributed by atoms with Gasteiger partial charge in [0.25, 0.3) is 0 Å². The highest BCUT2D eigenvalue weighted by Gasteiger charge is 2.19. The zero-order chi connectivity index (χ0) is 12.3. The molecular formula is C13H20N2O2. The molecule has 1 atom stereocenters. The van der Waals surface area contributed by atoms with Crippen LogP contribution in [0.15, 0.2) is 18.2 Å². The van der Waals surface area contributed by atoms with E-state index in [0.29, 0.717) is 6.04 Å². The Bertz CT molecular complexity index is 382. The molecule has 1 aliphatic heterocycles. The highest BCUT2D eigenvalue weighted by Crippen LogP contribution is 2.32. The van der Waals surface area contributed by atoms with E-state index < -0.39 is 0 Å². The lowest BCUT2D eigenvalue weighted by atomic mass is 10.2. The lowest BCUT2D eigenvalue weighted by Crippen LogP contribution is -2.49. The number of methoxy groups -OCH3 is 2. The normalized spacial score (nSPS) is 20.2. The standard InChI is InChI=1S/C13H20N2O2/c1-10-9-15(7-6-14-10)12-8-11(16-2)4-5-13(12)17-3/h4-5,8,10,14H,6-7,9H2,1-3H3. The number of piperazine rings is 1. The first-order chi connectivity index (χ1) is 8.24. The second-order valence-electron chi connectivity index (χ2n) is 4.34. The van der Waals surface area contributed by atoms with Crippen LogP contribution >= 0.6 is 0 Å². The van der Waals surface area contributed by atoms with E-state index in [9.17, 15) is 0 Å². The molecule has 4 nitrogen and oxygen atoms in total. The van der Waals surface area contributed by atoms with Gasteiger partial charge in [0.2, 0.25) is 0 Å². The summed E-state index contributed by atoms with van der Waals surface area (Å²) in [4.78, 5) is 2.34. The summed E-state index contributed by atoms with van der Waals surface area (Å²) in [6.45, 7) is 5.18. The molecule has 17 heavy (non-hydrogen) atoms. The van der Waals surface area contributed by atoms with Gasteiger partial charge in [0, 0.05) is 31.7 Å². The predicted molar refractivity (Wildman–Crippen MR) is 69.2 cm³/mol. The molecule has 0 spiro atoms. The number of hydrogen-bond donors (Lipinski definition) is 1. The van der Waals surface area contributed by atoms with Crippen LogP contribution in [0.25, 0.3) is 0 Å². The van der Waals surface area contributed by atoms with Gasteiger partial charge in [-0.3, -0.25) is 0 Å². The lowest BCUT2D eigenvalue weighted by molar-refractivity contribution is 0.399. The van der Waals surface area contributed by atoms with Crippen LogP contribution in [0.4, 0.5) is 5.69 Å². The molecule has 0 aromatic heterocycles. The number of rotatable bonds is 3. The van der Waals surface area contributed by atoms with Gasteiger partial charge in [-0.05, 0) is 19.1 Å². The molecule has 1 N–H and O–H groups in total. The van der Waals surface area contributed by atoms with Crippen molar-refractivity contribution in [3.8, 4) is 11.5 Å². The van der Waals surface area contributed by atoms with Crippen molar-refractivity contribution in [1.29, 1.82) is 0 Å². The van der Waals surface area contributed by atoms with E-state index in [4.69, 9.17) is 9.47 Å². The molecule has 1 aliphatic rings. The molecule has 1 aromatic rings. The first-order valence-electron chi connectivity index (χ1n) is 5.95. The van der Waals surface area contributed by atoms with Gasteiger partial charge >= 0.3 is 0 Å². The van der Waals surface area contributed by atoms with Gasteiger partial charge < -0.3 is 19.7 Å². The van der Waals surface area contributed by atoms with Gasteiger partial charge in [0.1, 0.15) is 11.5 Å². The largest absolute Gasteiger partial charge is 0.497 e. The fraction of sp³-hybridized carbons (Fsp3) is 0.538. The summed E-state index contributed by atoms with van der Waals surface area (Å²) in [5.74, 6) is 1.77. The number of ether oxygens (including phenoxy) is 2. The first-order valence-corrected chi connectivity index (χ1v) is 5.95. The Balaban J connectivity index is 2.27.